The highest BCUT2D eigenvalue weighted by Crippen LogP contribution is 2.11. The van der Waals surface area contributed by atoms with Gasteiger partial charge in [0.25, 0.3) is 0 Å². The first-order valence-corrected chi connectivity index (χ1v) is 4.70. The Balaban J connectivity index is 2.76. The molecule has 1 aromatic carbocycles. The molecule has 0 fully saturated rings. The molecule has 0 heterocycles. The lowest BCUT2D eigenvalue weighted by Gasteiger charge is -1.99. The zero-order valence-corrected chi connectivity index (χ0v) is 8.62. The zero-order valence-electron chi connectivity index (χ0n) is 7.87. The molecular formula is C11H11ClO2. The highest BCUT2D eigenvalue weighted by Gasteiger charge is 2.09. The summed E-state index contributed by atoms with van der Waals surface area (Å²) in [6, 6.07) is 8.85. The van der Waals surface area contributed by atoms with Crippen molar-refractivity contribution < 1.29 is 9.53 Å². The van der Waals surface area contributed by atoms with Crippen LogP contribution in [0.3, 0.4) is 0 Å². The number of ketones is 1. The van der Waals surface area contributed by atoms with Crippen molar-refractivity contribution in [3.8, 4) is 0 Å². The standard InChI is InChI=1S/C11H11ClO2/c1-2-14-8-10(12)11(13)9-6-4-3-5-7-9/h3-8H,2H2,1H3. The van der Waals surface area contributed by atoms with E-state index in [2.05, 4.69) is 0 Å². The summed E-state index contributed by atoms with van der Waals surface area (Å²) in [5.41, 5.74) is 0.563. The van der Waals surface area contributed by atoms with Crippen molar-refractivity contribution >= 4 is 17.4 Å². The van der Waals surface area contributed by atoms with Gasteiger partial charge in [0, 0.05) is 5.56 Å². The Morgan fingerprint density at radius 2 is 2.07 bits per heavy atom. The van der Waals surface area contributed by atoms with Crippen molar-refractivity contribution in [2.75, 3.05) is 6.61 Å². The molecule has 0 unspecified atom stereocenters. The maximum atomic E-state index is 11.6. The molecule has 1 rings (SSSR count). The summed E-state index contributed by atoms with van der Waals surface area (Å²) in [6.45, 7) is 2.33. The molecule has 1 aromatic rings. The van der Waals surface area contributed by atoms with Crippen LogP contribution in [0, 0.1) is 0 Å². The Bertz CT molecular complexity index is 330. The minimum atomic E-state index is -0.222. The lowest BCUT2D eigenvalue weighted by atomic mass is 10.1. The van der Waals surface area contributed by atoms with E-state index in [0.717, 1.165) is 0 Å². The van der Waals surface area contributed by atoms with Gasteiger partial charge in [0.15, 0.2) is 0 Å². The molecule has 0 spiro atoms. The van der Waals surface area contributed by atoms with Gasteiger partial charge in [-0.25, -0.2) is 0 Å². The highest BCUT2D eigenvalue weighted by atomic mass is 35.5. The van der Waals surface area contributed by atoms with E-state index < -0.39 is 0 Å². The maximum absolute atomic E-state index is 11.6. The molecule has 0 N–H and O–H groups in total. The van der Waals surface area contributed by atoms with Gasteiger partial charge < -0.3 is 4.74 Å². The number of allylic oxidation sites excluding steroid dienone is 1. The van der Waals surface area contributed by atoms with Gasteiger partial charge in [0.2, 0.25) is 5.78 Å². The van der Waals surface area contributed by atoms with Crippen LogP contribution in [-0.4, -0.2) is 12.4 Å². The third kappa shape index (κ3) is 2.89. The fourth-order valence-corrected chi connectivity index (χ4v) is 1.11. The third-order valence-corrected chi connectivity index (χ3v) is 1.87. The van der Waals surface area contributed by atoms with Crippen LogP contribution in [0.15, 0.2) is 41.6 Å². The minimum Gasteiger partial charge on any atom is -0.500 e. The van der Waals surface area contributed by atoms with E-state index in [9.17, 15) is 4.79 Å². The summed E-state index contributed by atoms with van der Waals surface area (Å²) in [5.74, 6) is -0.222. The molecule has 0 aliphatic heterocycles. The topological polar surface area (TPSA) is 26.3 Å². The van der Waals surface area contributed by atoms with Gasteiger partial charge in [-0.3, -0.25) is 4.79 Å². The summed E-state index contributed by atoms with van der Waals surface area (Å²) >= 11 is 5.73. The van der Waals surface area contributed by atoms with Gasteiger partial charge >= 0.3 is 0 Å². The Morgan fingerprint density at radius 3 is 2.64 bits per heavy atom. The van der Waals surface area contributed by atoms with E-state index in [-0.39, 0.29) is 10.8 Å². The molecule has 0 aromatic heterocycles. The molecule has 74 valence electrons. The zero-order chi connectivity index (χ0) is 10.4. The number of hydrogen-bond acceptors (Lipinski definition) is 2. The normalized spacial score (nSPS) is 11.1. The van der Waals surface area contributed by atoms with E-state index in [1.165, 1.54) is 6.26 Å². The van der Waals surface area contributed by atoms with Crippen molar-refractivity contribution in [3.05, 3.63) is 47.2 Å². The smallest absolute Gasteiger partial charge is 0.207 e. The Hall–Kier alpha value is -1.28. The summed E-state index contributed by atoms with van der Waals surface area (Å²) in [7, 11) is 0. The van der Waals surface area contributed by atoms with Crippen molar-refractivity contribution in [1.29, 1.82) is 0 Å². The lowest BCUT2D eigenvalue weighted by molar-refractivity contribution is 0.103. The molecule has 0 bridgehead atoms. The summed E-state index contributed by atoms with van der Waals surface area (Å²) < 4.78 is 4.92. The van der Waals surface area contributed by atoms with Crippen molar-refractivity contribution in [2.45, 2.75) is 6.92 Å². The second kappa shape index (κ2) is 5.45. The van der Waals surface area contributed by atoms with Gasteiger partial charge in [0.1, 0.15) is 11.3 Å². The molecule has 0 atom stereocenters. The van der Waals surface area contributed by atoms with Gasteiger partial charge in [-0.15, -0.1) is 0 Å². The molecule has 0 radical (unpaired) electrons. The summed E-state index contributed by atoms with van der Waals surface area (Å²) in [4.78, 5) is 11.6. The monoisotopic (exact) mass is 210 g/mol. The van der Waals surface area contributed by atoms with Gasteiger partial charge in [-0.2, -0.15) is 0 Å². The largest absolute Gasteiger partial charge is 0.500 e. The van der Waals surface area contributed by atoms with Crippen LogP contribution in [0.2, 0.25) is 0 Å². The third-order valence-electron chi connectivity index (χ3n) is 1.61. The molecule has 14 heavy (non-hydrogen) atoms. The molecule has 0 aliphatic carbocycles. The Kier molecular flexibility index (Phi) is 4.20. The van der Waals surface area contributed by atoms with Crippen LogP contribution in [0.5, 0.6) is 0 Å². The second-order valence-corrected chi connectivity index (χ2v) is 3.02. The predicted octanol–water partition coefficient (Wildman–Crippen LogP) is 2.99. The van der Waals surface area contributed by atoms with Gasteiger partial charge in [-0.1, -0.05) is 41.9 Å². The lowest BCUT2D eigenvalue weighted by Crippen LogP contribution is -1.99. The van der Waals surface area contributed by atoms with Crippen LogP contribution in [-0.2, 0) is 4.74 Å². The Labute approximate surface area is 88.1 Å². The predicted molar refractivity (Wildman–Crippen MR) is 56.3 cm³/mol. The maximum Gasteiger partial charge on any atom is 0.207 e. The first kappa shape index (κ1) is 10.8. The molecule has 3 heteroatoms. The first-order valence-electron chi connectivity index (χ1n) is 4.32. The number of rotatable bonds is 4. The van der Waals surface area contributed by atoms with Crippen LogP contribution in [0.1, 0.15) is 17.3 Å². The van der Waals surface area contributed by atoms with E-state index in [1.807, 2.05) is 13.0 Å². The summed E-state index contributed by atoms with van der Waals surface area (Å²) in [6.07, 6.45) is 1.27. The summed E-state index contributed by atoms with van der Waals surface area (Å²) in [5, 5.41) is 0.0954. The van der Waals surface area contributed by atoms with Crippen LogP contribution in [0.25, 0.3) is 0 Å². The second-order valence-electron chi connectivity index (χ2n) is 2.62. The van der Waals surface area contributed by atoms with E-state index in [0.29, 0.717) is 12.2 Å². The number of ether oxygens (including phenoxy) is 1. The highest BCUT2D eigenvalue weighted by molar-refractivity contribution is 6.45. The number of Topliss-reactive ketones (excluding diaryl/α,β-unsaturated/α-hetero) is 1. The van der Waals surface area contributed by atoms with E-state index >= 15 is 0 Å². The number of hydrogen-bond donors (Lipinski definition) is 0. The molecule has 0 saturated heterocycles. The number of carbonyl (C=O) groups excluding carboxylic acids is 1. The average Bonchev–Trinajstić information content (AvgIpc) is 2.26. The molecule has 0 aliphatic rings. The minimum absolute atomic E-state index is 0.0954. The van der Waals surface area contributed by atoms with E-state index in [4.69, 9.17) is 16.3 Å². The number of halogens is 1. The molecule has 2 nitrogen and oxygen atoms in total. The van der Waals surface area contributed by atoms with Gasteiger partial charge in [0.05, 0.1) is 6.61 Å². The first-order chi connectivity index (χ1) is 6.75. The average molecular weight is 211 g/mol. The fraction of sp³-hybridized carbons (Fsp3) is 0.182. The number of carbonyl (C=O) groups is 1. The van der Waals surface area contributed by atoms with Gasteiger partial charge in [-0.05, 0) is 6.92 Å². The van der Waals surface area contributed by atoms with E-state index in [1.54, 1.807) is 24.3 Å². The fourth-order valence-electron chi connectivity index (χ4n) is 0.937. The van der Waals surface area contributed by atoms with Crippen LogP contribution < -0.4 is 0 Å². The molecular weight excluding hydrogens is 200 g/mol. The van der Waals surface area contributed by atoms with Crippen molar-refractivity contribution in [2.24, 2.45) is 0 Å². The van der Waals surface area contributed by atoms with Crippen LogP contribution in [0.4, 0.5) is 0 Å². The SMILES string of the molecule is CCOC=C(Cl)C(=O)c1ccccc1. The number of benzene rings is 1. The molecule has 0 amide bonds. The molecule has 0 saturated carbocycles. The van der Waals surface area contributed by atoms with Crippen molar-refractivity contribution in [3.63, 3.8) is 0 Å². The van der Waals surface area contributed by atoms with Crippen molar-refractivity contribution in [1.82, 2.24) is 0 Å². The van der Waals surface area contributed by atoms with Crippen LogP contribution >= 0.6 is 11.6 Å². The Morgan fingerprint density at radius 1 is 1.43 bits per heavy atom. The quantitative estimate of drug-likeness (QED) is 0.434.